The predicted molar refractivity (Wildman–Crippen MR) is 139 cm³/mol. The average molecular weight is 555 g/mol. The molecule has 1 unspecified atom stereocenters. The van der Waals surface area contributed by atoms with E-state index in [0.717, 1.165) is 0 Å². The number of ether oxygens (including phenoxy) is 3. The lowest BCUT2D eigenvalue weighted by Gasteiger charge is -2.41. The van der Waals surface area contributed by atoms with E-state index in [9.17, 15) is 29.0 Å². The van der Waals surface area contributed by atoms with Gasteiger partial charge in [0.05, 0.1) is 25.7 Å². The van der Waals surface area contributed by atoms with Crippen molar-refractivity contribution in [3.63, 3.8) is 0 Å². The van der Waals surface area contributed by atoms with Gasteiger partial charge in [0.1, 0.15) is 30.4 Å². The molecule has 3 aliphatic rings. The number of benzene rings is 2. The van der Waals surface area contributed by atoms with E-state index in [1.807, 2.05) is 0 Å². The standard InChI is InChI=1S/C29H31FN2O8/c1-38-23-12-16(15-34)11-18-24-19(28(36)31-8-9-33)13-21(25(35)27(24)40-26(18)23)32(29(37)22-7-4-10-39-22)14-17-5-2-3-6-20(17)30/h2-3,5-6,11-13,15,21-22,24-25,27,33,35H,4,7-10,14H2,1H3,(H,31,36)/t21-,22?,24+,25+,27+/m1/s1. The highest BCUT2D eigenvalue weighted by Crippen LogP contribution is 2.51. The van der Waals surface area contributed by atoms with Crippen molar-refractivity contribution in [3.05, 3.63) is 70.6 Å². The number of hydrogen-bond donors (Lipinski definition) is 3. The second-order valence-electron chi connectivity index (χ2n) is 9.96. The van der Waals surface area contributed by atoms with Gasteiger partial charge in [-0.15, -0.1) is 0 Å². The maximum atomic E-state index is 14.7. The minimum atomic E-state index is -1.34. The molecule has 2 aliphatic heterocycles. The highest BCUT2D eigenvalue weighted by Gasteiger charge is 2.52. The van der Waals surface area contributed by atoms with Crippen LogP contribution < -0.4 is 14.8 Å². The molecule has 5 atom stereocenters. The van der Waals surface area contributed by atoms with Crippen molar-refractivity contribution in [2.45, 2.75) is 49.7 Å². The van der Waals surface area contributed by atoms with E-state index >= 15 is 0 Å². The maximum absolute atomic E-state index is 14.7. The molecule has 212 valence electrons. The number of aliphatic hydroxyl groups is 2. The van der Waals surface area contributed by atoms with E-state index in [4.69, 9.17) is 14.2 Å². The molecular weight excluding hydrogens is 523 g/mol. The number of nitrogens with zero attached hydrogens (tertiary/aromatic N) is 1. The van der Waals surface area contributed by atoms with Gasteiger partial charge in [0, 0.05) is 42.0 Å². The van der Waals surface area contributed by atoms with Gasteiger partial charge in [-0.3, -0.25) is 14.4 Å². The zero-order valence-electron chi connectivity index (χ0n) is 21.9. The number of rotatable bonds is 9. The predicted octanol–water partition coefficient (Wildman–Crippen LogP) is 1.48. The van der Waals surface area contributed by atoms with Crippen LogP contribution >= 0.6 is 0 Å². The van der Waals surface area contributed by atoms with Gasteiger partial charge < -0.3 is 34.6 Å². The van der Waals surface area contributed by atoms with Crippen molar-refractivity contribution in [2.24, 2.45) is 0 Å². The van der Waals surface area contributed by atoms with Crippen LogP contribution in [0.1, 0.15) is 40.2 Å². The average Bonchev–Trinajstić information content (AvgIpc) is 3.64. The number of nitrogens with one attached hydrogen (secondary N) is 1. The van der Waals surface area contributed by atoms with Gasteiger partial charge in [-0.05, 0) is 37.1 Å². The Balaban J connectivity index is 1.61. The van der Waals surface area contributed by atoms with Crippen LogP contribution in [0.2, 0.25) is 0 Å². The van der Waals surface area contributed by atoms with E-state index in [0.29, 0.717) is 36.9 Å². The van der Waals surface area contributed by atoms with Crippen LogP contribution in [0.5, 0.6) is 11.5 Å². The summed E-state index contributed by atoms with van der Waals surface area (Å²) in [4.78, 5) is 40.1. The van der Waals surface area contributed by atoms with E-state index in [1.54, 1.807) is 24.3 Å². The molecule has 2 aromatic rings. The number of methoxy groups -OCH3 is 1. The molecule has 1 saturated heterocycles. The molecular formula is C29H31FN2O8. The van der Waals surface area contributed by atoms with Crippen LogP contribution in [-0.4, -0.2) is 84.4 Å². The normalized spacial score (nSPS) is 24.8. The molecule has 0 radical (unpaired) electrons. The summed E-state index contributed by atoms with van der Waals surface area (Å²) in [6, 6.07) is 8.01. The Morgan fingerprint density at radius 2 is 2.08 bits per heavy atom. The number of carbonyl (C=O) groups excluding carboxylic acids is 3. The third-order valence-electron chi connectivity index (χ3n) is 7.56. The molecule has 0 bridgehead atoms. The zero-order chi connectivity index (χ0) is 28.4. The second-order valence-corrected chi connectivity index (χ2v) is 9.96. The molecule has 3 N–H and O–H groups in total. The summed E-state index contributed by atoms with van der Waals surface area (Å²) in [6.45, 7) is -0.103. The van der Waals surface area contributed by atoms with E-state index in [-0.39, 0.29) is 42.3 Å². The molecule has 0 saturated carbocycles. The van der Waals surface area contributed by atoms with Crippen LogP contribution in [0.25, 0.3) is 0 Å². The summed E-state index contributed by atoms with van der Waals surface area (Å²) >= 11 is 0. The second kappa shape index (κ2) is 11.7. The van der Waals surface area contributed by atoms with Crippen molar-refractivity contribution in [1.29, 1.82) is 0 Å². The molecule has 10 nitrogen and oxygen atoms in total. The van der Waals surface area contributed by atoms with Crippen molar-refractivity contribution >= 4 is 18.1 Å². The largest absolute Gasteiger partial charge is 0.493 e. The van der Waals surface area contributed by atoms with Crippen molar-refractivity contribution in [2.75, 3.05) is 26.9 Å². The Morgan fingerprint density at radius 1 is 1.27 bits per heavy atom. The lowest BCUT2D eigenvalue weighted by atomic mass is 9.77. The number of amides is 2. The first-order valence-electron chi connectivity index (χ1n) is 13.2. The first-order valence-corrected chi connectivity index (χ1v) is 13.2. The summed E-state index contributed by atoms with van der Waals surface area (Å²) in [6.07, 6.45) is 0.152. The van der Waals surface area contributed by atoms with Crippen LogP contribution in [0.4, 0.5) is 4.39 Å². The topological polar surface area (TPSA) is 135 Å². The van der Waals surface area contributed by atoms with Gasteiger partial charge in [-0.1, -0.05) is 18.2 Å². The molecule has 2 heterocycles. The van der Waals surface area contributed by atoms with Gasteiger partial charge in [-0.2, -0.15) is 0 Å². The molecule has 5 rings (SSSR count). The Bertz CT molecular complexity index is 1330. The molecule has 1 aliphatic carbocycles. The number of halogens is 1. The minimum absolute atomic E-state index is 0.0278. The molecule has 11 heteroatoms. The van der Waals surface area contributed by atoms with E-state index < -0.39 is 47.9 Å². The number of aldehydes is 1. The summed E-state index contributed by atoms with van der Waals surface area (Å²) in [7, 11) is 1.41. The van der Waals surface area contributed by atoms with Crippen LogP contribution in [0, 0.1) is 5.82 Å². The lowest BCUT2D eigenvalue weighted by Crippen LogP contribution is -2.57. The van der Waals surface area contributed by atoms with Crippen molar-refractivity contribution in [1.82, 2.24) is 10.2 Å². The first-order chi connectivity index (χ1) is 19.4. The first kappa shape index (κ1) is 27.8. The van der Waals surface area contributed by atoms with Gasteiger partial charge >= 0.3 is 0 Å². The number of fused-ring (bicyclic) bond motifs is 3. The smallest absolute Gasteiger partial charge is 0.252 e. The SMILES string of the molecule is COc1cc(C=O)cc2c1O[C@@H]1[C@@H](O)[C@H](N(Cc3ccccc3F)C(=O)C3CCCO3)C=C(C(=O)NCCO)[C@H]21. The number of aliphatic hydroxyl groups excluding tert-OH is 2. The minimum Gasteiger partial charge on any atom is -0.493 e. The molecule has 1 fully saturated rings. The Hall–Kier alpha value is -3.80. The molecule has 2 aromatic carbocycles. The Morgan fingerprint density at radius 3 is 2.75 bits per heavy atom. The van der Waals surface area contributed by atoms with Crippen LogP contribution in [-0.2, 0) is 20.9 Å². The van der Waals surface area contributed by atoms with Gasteiger partial charge in [0.2, 0.25) is 5.91 Å². The third-order valence-corrected chi connectivity index (χ3v) is 7.56. The maximum Gasteiger partial charge on any atom is 0.252 e. The highest BCUT2D eigenvalue weighted by atomic mass is 19.1. The monoisotopic (exact) mass is 554 g/mol. The van der Waals surface area contributed by atoms with Gasteiger partial charge in [-0.25, -0.2) is 4.39 Å². The van der Waals surface area contributed by atoms with Crippen molar-refractivity contribution < 1.29 is 43.2 Å². The fourth-order valence-corrected chi connectivity index (χ4v) is 5.66. The van der Waals surface area contributed by atoms with Crippen LogP contribution in [0.15, 0.2) is 48.0 Å². The van der Waals surface area contributed by atoms with E-state index in [1.165, 1.54) is 30.2 Å². The third kappa shape index (κ3) is 5.07. The summed E-state index contributed by atoms with van der Waals surface area (Å²) in [5.74, 6) is -1.77. The quantitative estimate of drug-likeness (QED) is 0.397. The number of hydrogen-bond acceptors (Lipinski definition) is 8. The fraction of sp³-hybridized carbons (Fsp3) is 0.414. The Kier molecular flexibility index (Phi) is 8.15. The van der Waals surface area contributed by atoms with Gasteiger partial charge in [0.15, 0.2) is 11.5 Å². The highest BCUT2D eigenvalue weighted by molar-refractivity contribution is 5.96. The molecule has 0 aromatic heterocycles. The summed E-state index contributed by atoms with van der Waals surface area (Å²) < 4.78 is 32.0. The molecule has 40 heavy (non-hydrogen) atoms. The molecule has 2 amide bonds. The van der Waals surface area contributed by atoms with Gasteiger partial charge in [0.25, 0.3) is 5.91 Å². The van der Waals surface area contributed by atoms with E-state index in [2.05, 4.69) is 5.32 Å². The zero-order valence-corrected chi connectivity index (χ0v) is 21.9. The lowest BCUT2D eigenvalue weighted by molar-refractivity contribution is -0.147. The summed E-state index contributed by atoms with van der Waals surface area (Å²) in [5, 5.41) is 23.6. The number of carbonyl (C=O) groups is 3. The Labute approximate surface area is 230 Å². The fourth-order valence-electron chi connectivity index (χ4n) is 5.66. The summed E-state index contributed by atoms with van der Waals surface area (Å²) in [5.41, 5.74) is 1.17. The van der Waals surface area contributed by atoms with Crippen LogP contribution in [0.3, 0.4) is 0 Å². The van der Waals surface area contributed by atoms with Crippen molar-refractivity contribution in [3.8, 4) is 11.5 Å². The molecule has 0 spiro atoms.